The molecule has 10 heteroatoms. The number of nitrogens with zero attached hydrogens (tertiary/aromatic N) is 2. The molecule has 0 aromatic heterocycles. The van der Waals surface area contributed by atoms with Crippen LogP contribution in [-0.4, -0.2) is 51.9 Å². The number of nitrogens with one attached hydrogen (secondary N) is 1. The summed E-state index contributed by atoms with van der Waals surface area (Å²) in [5.41, 5.74) is 2.42. The fraction of sp³-hybridized carbons (Fsp3) is 0.212. The monoisotopic (exact) mass is 603 g/mol. The van der Waals surface area contributed by atoms with Gasteiger partial charge in [-0.3, -0.25) is 13.9 Å². The zero-order valence-corrected chi connectivity index (χ0v) is 25.1. The Kier molecular flexibility index (Phi) is 10.2. The Bertz CT molecular complexity index is 1650. The Hall–Kier alpha value is -4.70. The van der Waals surface area contributed by atoms with Gasteiger partial charge >= 0.3 is 0 Å². The molecule has 0 spiro atoms. The number of aryl methyl sites for hydroxylation is 1. The van der Waals surface area contributed by atoms with Gasteiger partial charge in [-0.1, -0.05) is 72.3 Å². The summed E-state index contributed by atoms with van der Waals surface area (Å²) in [5.74, 6) is -1.25. The molecule has 2 amide bonds. The van der Waals surface area contributed by atoms with Crippen LogP contribution >= 0.6 is 0 Å². The number of carbonyl (C=O) groups is 2. The smallest absolute Gasteiger partial charge is 0.264 e. The third-order valence-electron chi connectivity index (χ3n) is 7.03. The average molecular weight is 604 g/mol. The molecule has 1 N–H and O–H groups in total. The number of methoxy groups -OCH3 is 1. The molecule has 0 saturated carbocycles. The van der Waals surface area contributed by atoms with E-state index in [4.69, 9.17) is 4.74 Å². The molecule has 0 aliphatic heterocycles. The molecule has 43 heavy (non-hydrogen) atoms. The highest BCUT2D eigenvalue weighted by Crippen LogP contribution is 2.32. The molecule has 4 rings (SSSR count). The number of likely N-dealkylation sites (N-methyl/N-ethyl adjacent to an activating group) is 1. The van der Waals surface area contributed by atoms with Crippen molar-refractivity contribution in [2.45, 2.75) is 30.8 Å². The first-order valence-electron chi connectivity index (χ1n) is 13.7. The number of sulfonamides is 1. The summed E-state index contributed by atoms with van der Waals surface area (Å²) in [6.45, 7) is 1.16. The molecule has 4 aromatic rings. The largest absolute Gasteiger partial charge is 0.495 e. The number of carbonyl (C=O) groups excluding carboxylic acids is 2. The number of rotatable bonds is 12. The Balaban J connectivity index is 1.81. The molecular formula is C33H34FN3O5S. The lowest BCUT2D eigenvalue weighted by Gasteiger charge is -2.34. The van der Waals surface area contributed by atoms with Gasteiger partial charge in [0.1, 0.15) is 24.2 Å². The Morgan fingerprint density at radius 1 is 0.860 bits per heavy atom. The molecule has 0 fully saturated rings. The van der Waals surface area contributed by atoms with Crippen molar-refractivity contribution in [2.24, 2.45) is 0 Å². The zero-order valence-electron chi connectivity index (χ0n) is 24.2. The highest BCUT2D eigenvalue weighted by atomic mass is 32.2. The molecule has 8 nitrogen and oxygen atoms in total. The van der Waals surface area contributed by atoms with E-state index >= 15 is 0 Å². The normalized spacial score (nSPS) is 11.8. The lowest BCUT2D eigenvalue weighted by atomic mass is 10.0. The van der Waals surface area contributed by atoms with Crippen LogP contribution in [0.4, 0.5) is 10.1 Å². The van der Waals surface area contributed by atoms with Gasteiger partial charge < -0.3 is 15.0 Å². The first kappa shape index (κ1) is 31.2. The first-order valence-corrected chi connectivity index (χ1v) is 15.1. The SMILES string of the molecule is CNC(=O)[C@@H](Cc1ccccc1)N(Cc1ccc(F)cc1)C(=O)CN(c1ccccc1OC)S(=O)(=O)c1ccc(C)cc1. The number of hydrogen-bond donors (Lipinski definition) is 1. The van der Waals surface area contributed by atoms with Crippen LogP contribution in [0.5, 0.6) is 5.75 Å². The van der Waals surface area contributed by atoms with Gasteiger partial charge in [-0.05, 0) is 54.4 Å². The van der Waals surface area contributed by atoms with Gasteiger partial charge in [0.2, 0.25) is 11.8 Å². The van der Waals surface area contributed by atoms with Gasteiger partial charge in [-0.15, -0.1) is 0 Å². The van der Waals surface area contributed by atoms with Crippen LogP contribution in [-0.2, 0) is 32.6 Å². The van der Waals surface area contributed by atoms with Crippen molar-refractivity contribution in [1.82, 2.24) is 10.2 Å². The molecule has 0 heterocycles. The Morgan fingerprint density at radius 2 is 1.49 bits per heavy atom. The Labute approximate surface area is 251 Å². The lowest BCUT2D eigenvalue weighted by Crippen LogP contribution is -2.53. The predicted molar refractivity (Wildman–Crippen MR) is 164 cm³/mol. The van der Waals surface area contributed by atoms with Crippen LogP contribution in [0.1, 0.15) is 16.7 Å². The molecule has 0 unspecified atom stereocenters. The zero-order chi connectivity index (χ0) is 31.0. The van der Waals surface area contributed by atoms with Gasteiger partial charge in [-0.2, -0.15) is 0 Å². The third kappa shape index (κ3) is 7.58. The fourth-order valence-electron chi connectivity index (χ4n) is 4.69. The average Bonchev–Trinajstić information content (AvgIpc) is 3.02. The van der Waals surface area contributed by atoms with Crippen LogP contribution in [0.2, 0.25) is 0 Å². The Morgan fingerprint density at radius 3 is 2.12 bits per heavy atom. The van der Waals surface area contributed by atoms with Gasteiger partial charge in [0.15, 0.2) is 0 Å². The summed E-state index contributed by atoms with van der Waals surface area (Å²) in [6.07, 6.45) is 0.173. The molecule has 1 atom stereocenters. The quantitative estimate of drug-likeness (QED) is 0.253. The van der Waals surface area contributed by atoms with Crippen molar-refractivity contribution in [3.63, 3.8) is 0 Å². The highest BCUT2D eigenvalue weighted by molar-refractivity contribution is 7.92. The second kappa shape index (κ2) is 14.0. The van der Waals surface area contributed by atoms with E-state index < -0.39 is 40.2 Å². The van der Waals surface area contributed by atoms with E-state index in [1.54, 1.807) is 36.4 Å². The summed E-state index contributed by atoms with van der Waals surface area (Å²) < 4.78 is 48.4. The summed E-state index contributed by atoms with van der Waals surface area (Å²) >= 11 is 0. The summed E-state index contributed by atoms with van der Waals surface area (Å²) in [7, 11) is -1.37. The molecule has 224 valence electrons. The molecule has 0 radical (unpaired) electrons. The first-order chi connectivity index (χ1) is 20.6. The van der Waals surface area contributed by atoms with Crippen LogP contribution in [0, 0.1) is 12.7 Å². The van der Waals surface area contributed by atoms with Gasteiger partial charge in [0.25, 0.3) is 10.0 Å². The van der Waals surface area contributed by atoms with E-state index in [1.165, 1.54) is 55.5 Å². The van der Waals surface area contributed by atoms with Crippen LogP contribution in [0.15, 0.2) is 108 Å². The second-order valence-corrected chi connectivity index (χ2v) is 11.8. The van der Waals surface area contributed by atoms with Crippen molar-refractivity contribution in [1.29, 1.82) is 0 Å². The maximum Gasteiger partial charge on any atom is 0.264 e. The standard InChI is InChI=1S/C33H34FN3O5S/c1-24-13-19-28(20-14-24)43(40,41)37(29-11-7-8-12-31(29)42-3)23-32(38)36(22-26-15-17-27(34)18-16-26)30(33(39)35-2)21-25-9-5-4-6-10-25/h4-20,30H,21-23H2,1-3H3,(H,35,39)/t30-/m1/s1. The third-order valence-corrected chi connectivity index (χ3v) is 8.80. The van der Waals surface area contributed by atoms with Crippen LogP contribution in [0.25, 0.3) is 0 Å². The summed E-state index contributed by atoms with van der Waals surface area (Å²) in [5, 5.41) is 2.64. The van der Waals surface area contributed by atoms with Crippen LogP contribution < -0.4 is 14.4 Å². The minimum absolute atomic E-state index is 0.00553. The van der Waals surface area contributed by atoms with Crippen LogP contribution in [0.3, 0.4) is 0 Å². The number of anilines is 1. The molecule has 0 aliphatic rings. The van der Waals surface area contributed by atoms with Gasteiger partial charge in [0.05, 0.1) is 17.7 Å². The summed E-state index contributed by atoms with van der Waals surface area (Å²) in [6, 6.07) is 26.6. The number of halogens is 1. The minimum atomic E-state index is -4.27. The molecule has 0 bridgehead atoms. The fourth-order valence-corrected chi connectivity index (χ4v) is 6.12. The van der Waals surface area contributed by atoms with E-state index in [0.29, 0.717) is 5.56 Å². The molecule has 4 aromatic carbocycles. The lowest BCUT2D eigenvalue weighted by molar-refractivity contribution is -0.139. The van der Waals surface area contributed by atoms with E-state index in [0.717, 1.165) is 15.4 Å². The van der Waals surface area contributed by atoms with E-state index in [-0.39, 0.29) is 29.3 Å². The summed E-state index contributed by atoms with van der Waals surface area (Å²) in [4.78, 5) is 28.9. The number of ether oxygens (including phenoxy) is 1. The maximum absolute atomic E-state index is 14.3. The van der Waals surface area contributed by atoms with Crippen molar-refractivity contribution < 1.29 is 27.1 Å². The predicted octanol–water partition coefficient (Wildman–Crippen LogP) is 4.72. The topological polar surface area (TPSA) is 96.0 Å². The number of para-hydroxylation sites is 2. The molecule has 0 aliphatic carbocycles. The van der Waals surface area contributed by atoms with Crippen molar-refractivity contribution in [2.75, 3.05) is 25.0 Å². The number of hydrogen-bond acceptors (Lipinski definition) is 5. The maximum atomic E-state index is 14.3. The molecule has 0 saturated heterocycles. The van der Waals surface area contributed by atoms with Crippen molar-refractivity contribution >= 4 is 27.5 Å². The highest BCUT2D eigenvalue weighted by Gasteiger charge is 2.35. The minimum Gasteiger partial charge on any atom is -0.495 e. The van der Waals surface area contributed by atoms with Gasteiger partial charge in [-0.25, -0.2) is 12.8 Å². The number of benzene rings is 4. The number of amides is 2. The van der Waals surface area contributed by atoms with Crippen molar-refractivity contribution in [3.8, 4) is 5.75 Å². The second-order valence-electron chi connectivity index (χ2n) is 9.96. The molecular weight excluding hydrogens is 569 g/mol. The van der Waals surface area contributed by atoms with Gasteiger partial charge in [0, 0.05) is 20.0 Å². The van der Waals surface area contributed by atoms with E-state index in [9.17, 15) is 22.4 Å². The van der Waals surface area contributed by atoms with E-state index in [1.807, 2.05) is 37.3 Å². The van der Waals surface area contributed by atoms with E-state index in [2.05, 4.69) is 5.32 Å². The van der Waals surface area contributed by atoms with Crippen molar-refractivity contribution in [3.05, 3.63) is 126 Å².